The van der Waals surface area contributed by atoms with Crippen LogP contribution in [0.4, 0.5) is 5.69 Å². The molecule has 4 nitrogen and oxygen atoms in total. The highest BCUT2D eigenvalue weighted by Gasteiger charge is 2.36. The third kappa shape index (κ3) is 4.28. The van der Waals surface area contributed by atoms with Gasteiger partial charge < -0.3 is 14.5 Å². The van der Waals surface area contributed by atoms with E-state index in [4.69, 9.17) is 4.74 Å². The molecule has 0 saturated carbocycles. The lowest BCUT2D eigenvalue weighted by atomic mass is 9.80. The van der Waals surface area contributed by atoms with Gasteiger partial charge in [0, 0.05) is 24.7 Å². The molecule has 2 aromatic rings. The number of hydrogen-bond acceptors (Lipinski definition) is 3. The first-order chi connectivity index (χ1) is 13.5. The van der Waals surface area contributed by atoms with E-state index in [2.05, 4.69) is 41.8 Å². The van der Waals surface area contributed by atoms with Gasteiger partial charge in [-0.05, 0) is 62.2 Å². The molecule has 1 amide bonds. The molecule has 0 fully saturated rings. The van der Waals surface area contributed by atoms with E-state index in [9.17, 15) is 4.79 Å². The number of carbonyl (C=O) groups is 1. The minimum absolute atomic E-state index is 0.113. The van der Waals surface area contributed by atoms with Gasteiger partial charge in [0.2, 0.25) is 5.91 Å². The molecule has 0 saturated heterocycles. The first-order valence-electron chi connectivity index (χ1n) is 9.84. The summed E-state index contributed by atoms with van der Waals surface area (Å²) in [5.74, 6) is 1.01. The predicted molar refractivity (Wildman–Crippen MR) is 115 cm³/mol. The number of allylic oxidation sites excluding steroid dienone is 1. The van der Waals surface area contributed by atoms with Crippen LogP contribution in [0.2, 0.25) is 0 Å². The van der Waals surface area contributed by atoms with Crippen molar-refractivity contribution in [3.63, 3.8) is 0 Å². The van der Waals surface area contributed by atoms with Crippen molar-refractivity contribution in [1.82, 2.24) is 4.90 Å². The first-order valence-corrected chi connectivity index (χ1v) is 9.84. The Hall–Kier alpha value is -2.59. The van der Waals surface area contributed by atoms with Gasteiger partial charge in [-0.15, -0.1) is 6.58 Å². The van der Waals surface area contributed by atoms with Crippen LogP contribution in [0.3, 0.4) is 0 Å². The molecular formula is C24H30N2O2. The predicted octanol–water partition coefficient (Wildman–Crippen LogP) is 4.12. The van der Waals surface area contributed by atoms with Crippen LogP contribution in [-0.2, 0) is 11.2 Å². The van der Waals surface area contributed by atoms with Crippen LogP contribution in [0.15, 0.2) is 61.2 Å². The van der Waals surface area contributed by atoms with Crippen LogP contribution < -0.4 is 9.64 Å². The van der Waals surface area contributed by atoms with Crippen LogP contribution in [0.1, 0.15) is 23.5 Å². The molecule has 1 aliphatic rings. The Morgan fingerprint density at radius 2 is 1.89 bits per heavy atom. The number of rotatable bonds is 7. The van der Waals surface area contributed by atoms with Gasteiger partial charge in [0.1, 0.15) is 5.75 Å². The molecule has 148 valence electrons. The summed E-state index contributed by atoms with van der Waals surface area (Å²) in [6.45, 7) is 5.44. The normalized spacial score (nSPS) is 19.3. The molecule has 2 aromatic carbocycles. The largest absolute Gasteiger partial charge is 0.497 e. The Morgan fingerprint density at radius 1 is 1.18 bits per heavy atom. The lowest BCUT2D eigenvalue weighted by Gasteiger charge is -2.29. The fourth-order valence-corrected chi connectivity index (χ4v) is 3.99. The second-order valence-corrected chi connectivity index (χ2v) is 7.64. The molecular weight excluding hydrogens is 348 g/mol. The molecule has 1 heterocycles. The summed E-state index contributed by atoms with van der Waals surface area (Å²) in [6.07, 6.45) is 3.38. The van der Waals surface area contributed by atoms with E-state index in [-0.39, 0.29) is 17.7 Å². The highest BCUT2D eigenvalue weighted by Crippen LogP contribution is 2.39. The summed E-state index contributed by atoms with van der Waals surface area (Å²) in [5.41, 5.74) is 3.44. The van der Waals surface area contributed by atoms with E-state index in [0.717, 1.165) is 24.4 Å². The van der Waals surface area contributed by atoms with Gasteiger partial charge in [0.15, 0.2) is 0 Å². The number of hydrogen-bond donors (Lipinski definition) is 0. The number of ether oxygens (including phenoxy) is 1. The van der Waals surface area contributed by atoms with Crippen molar-refractivity contribution in [3.05, 3.63) is 72.3 Å². The smallest absolute Gasteiger partial charge is 0.231 e. The Balaban J connectivity index is 2.03. The van der Waals surface area contributed by atoms with Crippen molar-refractivity contribution in [1.29, 1.82) is 0 Å². The Labute approximate surface area is 168 Å². The summed E-state index contributed by atoms with van der Waals surface area (Å²) in [4.78, 5) is 17.7. The van der Waals surface area contributed by atoms with Gasteiger partial charge in [-0.3, -0.25) is 4.79 Å². The molecule has 4 heteroatoms. The van der Waals surface area contributed by atoms with E-state index >= 15 is 0 Å². The van der Waals surface area contributed by atoms with Crippen molar-refractivity contribution in [3.8, 4) is 5.75 Å². The third-order valence-corrected chi connectivity index (χ3v) is 5.53. The average Bonchev–Trinajstić information content (AvgIpc) is 2.82. The number of fused-ring (bicyclic) bond motifs is 1. The van der Waals surface area contributed by atoms with Gasteiger partial charge in [-0.2, -0.15) is 0 Å². The van der Waals surface area contributed by atoms with Crippen LogP contribution in [-0.4, -0.2) is 45.1 Å². The number of benzene rings is 2. The van der Waals surface area contributed by atoms with Crippen LogP contribution in [0.5, 0.6) is 5.75 Å². The number of carbonyl (C=O) groups excluding carboxylic acids is 1. The number of nitrogens with zero attached hydrogens (tertiary/aromatic N) is 2. The fourth-order valence-electron chi connectivity index (χ4n) is 3.99. The Kier molecular flexibility index (Phi) is 6.53. The third-order valence-electron chi connectivity index (χ3n) is 5.53. The van der Waals surface area contributed by atoms with Gasteiger partial charge in [-0.1, -0.05) is 36.4 Å². The van der Waals surface area contributed by atoms with Crippen molar-refractivity contribution in [2.75, 3.05) is 39.2 Å². The molecule has 0 radical (unpaired) electrons. The molecule has 0 bridgehead atoms. The molecule has 1 aliphatic heterocycles. The lowest BCUT2D eigenvalue weighted by Crippen LogP contribution is -2.41. The molecule has 28 heavy (non-hydrogen) atoms. The fraction of sp³-hybridized carbons (Fsp3) is 0.375. The molecule has 0 aliphatic carbocycles. The minimum Gasteiger partial charge on any atom is -0.497 e. The van der Waals surface area contributed by atoms with E-state index in [1.165, 1.54) is 11.1 Å². The zero-order chi connectivity index (χ0) is 20.1. The van der Waals surface area contributed by atoms with Crippen molar-refractivity contribution < 1.29 is 9.53 Å². The van der Waals surface area contributed by atoms with E-state index in [0.29, 0.717) is 13.0 Å². The quantitative estimate of drug-likeness (QED) is 0.680. The Morgan fingerprint density at radius 3 is 2.54 bits per heavy atom. The minimum atomic E-state index is -0.125. The average molecular weight is 379 g/mol. The molecule has 0 N–H and O–H groups in total. The molecule has 0 spiro atoms. The van der Waals surface area contributed by atoms with Gasteiger partial charge in [0.05, 0.1) is 7.11 Å². The number of amides is 1. The maximum absolute atomic E-state index is 13.7. The molecule has 2 unspecified atom stereocenters. The molecule has 0 aromatic heterocycles. The zero-order valence-electron chi connectivity index (χ0n) is 17.1. The van der Waals surface area contributed by atoms with Crippen molar-refractivity contribution >= 4 is 11.6 Å². The summed E-state index contributed by atoms with van der Waals surface area (Å²) in [6, 6.07) is 16.4. The maximum atomic E-state index is 13.7. The monoisotopic (exact) mass is 378 g/mol. The van der Waals surface area contributed by atoms with Crippen molar-refractivity contribution in [2.45, 2.75) is 18.8 Å². The van der Waals surface area contributed by atoms with E-state index in [1.54, 1.807) is 7.11 Å². The lowest BCUT2D eigenvalue weighted by molar-refractivity contribution is -0.122. The highest BCUT2D eigenvalue weighted by atomic mass is 16.5. The van der Waals surface area contributed by atoms with Crippen LogP contribution in [0.25, 0.3) is 0 Å². The second kappa shape index (κ2) is 9.07. The van der Waals surface area contributed by atoms with Gasteiger partial charge in [-0.25, -0.2) is 0 Å². The number of para-hydroxylation sites is 1. The topological polar surface area (TPSA) is 32.8 Å². The summed E-state index contributed by atoms with van der Waals surface area (Å²) in [5, 5.41) is 0. The first kappa shape index (κ1) is 20.2. The molecule has 3 rings (SSSR count). The number of methoxy groups -OCH3 is 1. The highest BCUT2D eigenvalue weighted by molar-refractivity contribution is 5.97. The van der Waals surface area contributed by atoms with Gasteiger partial charge >= 0.3 is 0 Å². The summed E-state index contributed by atoms with van der Waals surface area (Å²) < 4.78 is 5.31. The Bertz CT molecular complexity index is 814. The summed E-state index contributed by atoms with van der Waals surface area (Å²) in [7, 11) is 5.74. The van der Waals surface area contributed by atoms with E-state index in [1.807, 2.05) is 43.3 Å². The van der Waals surface area contributed by atoms with Crippen LogP contribution in [0, 0.1) is 5.92 Å². The second-order valence-electron chi connectivity index (χ2n) is 7.64. The number of anilines is 1. The van der Waals surface area contributed by atoms with Crippen LogP contribution >= 0.6 is 0 Å². The SMILES string of the molecule is C=CCC1C(=O)N(CCN(C)C)c2ccccc2CC1c1ccc(OC)cc1. The van der Waals surface area contributed by atoms with Gasteiger partial charge in [0.25, 0.3) is 0 Å². The van der Waals surface area contributed by atoms with Crippen molar-refractivity contribution in [2.24, 2.45) is 5.92 Å². The zero-order valence-corrected chi connectivity index (χ0v) is 17.1. The number of likely N-dealkylation sites (N-methyl/N-ethyl adjacent to an activating group) is 1. The molecule has 2 atom stereocenters. The maximum Gasteiger partial charge on any atom is 0.231 e. The standard InChI is InChI=1S/C24H30N2O2/c1-5-8-21-22(18-11-13-20(28-4)14-12-18)17-19-9-6-7-10-23(19)26(24(21)27)16-15-25(2)3/h5-7,9-14,21-22H,1,8,15-17H2,2-4H3. The van der Waals surface area contributed by atoms with E-state index < -0.39 is 0 Å². The summed E-state index contributed by atoms with van der Waals surface area (Å²) >= 11 is 0.